The van der Waals surface area contributed by atoms with Gasteiger partial charge in [-0.3, -0.25) is 24.3 Å². The van der Waals surface area contributed by atoms with Crippen molar-refractivity contribution in [1.29, 1.82) is 5.26 Å². The molecule has 1 aliphatic carbocycles. The van der Waals surface area contributed by atoms with Crippen molar-refractivity contribution in [2.75, 3.05) is 36.7 Å². The van der Waals surface area contributed by atoms with Crippen LogP contribution in [0.4, 0.5) is 20.2 Å². The van der Waals surface area contributed by atoms with Gasteiger partial charge in [0, 0.05) is 43.4 Å². The Morgan fingerprint density at radius 2 is 1.79 bits per heavy atom. The van der Waals surface area contributed by atoms with Crippen LogP contribution in [0.5, 0.6) is 11.5 Å². The van der Waals surface area contributed by atoms with Crippen molar-refractivity contribution in [3.8, 4) is 17.6 Å². The number of aryl methyl sites for hydroxylation is 1. The van der Waals surface area contributed by atoms with Crippen LogP contribution < -0.4 is 25.7 Å². The number of hydrogen-bond donors (Lipinski definition) is 3. The molecule has 7 rings (SSSR count). The second kappa shape index (κ2) is 18.0. The third-order valence-corrected chi connectivity index (χ3v) is 12.5. The van der Waals surface area contributed by atoms with Crippen LogP contribution >= 0.6 is 12.1 Å². The third kappa shape index (κ3) is 9.41. The van der Waals surface area contributed by atoms with E-state index in [1.165, 1.54) is 30.3 Å². The Balaban J connectivity index is 0.901. The first kappa shape index (κ1) is 40.2. The second-order valence-electron chi connectivity index (χ2n) is 15.2. The molecule has 3 aliphatic rings. The number of aromatic nitrogens is 2. The zero-order chi connectivity index (χ0) is 40.1. The molecule has 3 aromatic carbocycles. The molecule has 1 unspecified atom stereocenters. The van der Waals surface area contributed by atoms with Crippen LogP contribution in [0.1, 0.15) is 81.8 Å². The predicted molar refractivity (Wildman–Crippen MR) is 217 cm³/mol. The Labute approximate surface area is 335 Å². The van der Waals surface area contributed by atoms with Gasteiger partial charge in [-0.15, -0.1) is 0 Å². The number of nitrogens with zero attached hydrogens (tertiary/aromatic N) is 5. The van der Waals surface area contributed by atoms with Crippen LogP contribution in [-0.2, 0) is 16.1 Å². The molecular formula is C42H48F2N8O4S. The lowest BCUT2D eigenvalue weighted by Crippen LogP contribution is -2.47. The molecule has 2 saturated heterocycles. The van der Waals surface area contributed by atoms with Gasteiger partial charge in [0.25, 0.3) is 5.56 Å². The number of ether oxygens (including phenoxy) is 1. The minimum atomic E-state index is -0.686. The predicted octanol–water partition coefficient (Wildman–Crippen LogP) is 7.31. The van der Waals surface area contributed by atoms with E-state index in [-0.39, 0.29) is 52.6 Å². The molecule has 12 nitrogen and oxygen atoms in total. The zero-order valence-electron chi connectivity index (χ0n) is 32.2. The summed E-state index contributed by atoms with van der Waals surface area (Å²) in [6.07, 6.45) is 9.01. The van der Waals surface area contributed by atoms with Crippen molar-refractivity contribution >= 4 is 46.2 Å². The summed E-state index contributed by atoms with van der Waals surface area (Å²) in [5.41, 5.74) is 2.00. The van der Waals surface area contributed by atoms with Gasteiger partial charge < -0.3 is 19.7 Å². The van der Waals surface area contributed by atoms with Crippen LogP contribution in [0.2, 0.25) is 0 Å². The van der Waals surface area contributed by atoms with Crippen LogP contribution in [-0.4, -0.2) is 69.3 Å². The van der Waals surface area contributed by atoms with Crippen LogP contribution in [0.25, 0.3) is 10.9 Å². The number of imide groups is 1. The van der Waals surface area contributed by atoms with Crippen molar-refractivity contribution in [2.45, 2.75) is 89.3 Å². The molecule has 0 spiro atoms. The minimum absolute atomic E-state index is 0.0232. The fourth-order valence-corrected chi connectivity index (χ4v) is 8.74. The van der Waals surface area contributed by atoms with Crippen LogP contribution in [0, 0.1) is 28.9 Å². The maximum atomic E-state index is 15.3. The molecule has 15 heteroatoms. The summed E-state index contributed by atoms with van der Waals surface area (Å²) >= 11 is 1.28. The number of fused-ring (bicyclic) bond motifs is 1. The molecule has 3 N–H and O–H groups in total. The molecule has 1 atom stereocenters. The SMILES string of the molecule is CCN(C)SNc1ccc(F)c(Oc2ccc3ncn(CCC4CCN(C5CCC(c6ccc(NC7CCC(=O)NC7=O)cc6F)CC5)CC4)c(=O)c3c2)c1C#N. The van der Waals surface area contributed by atoms with E-state index in [1.54, 1.807) is 29.1 Å². The molecule has 3 fully saturated rings. The van der Waals surface area contributed by atoms with Crippen molar-refractivity contribution in [3.05, 3.63) is 88.0 Å². The number of benzene rings is 3. The first-order chi connectivity index (χ1) is 27.6. The number of piperidine rings is 2. The van der Waals surface area contributed by atoms with E-state index in [2.05, 4.69) is 25.2 Å². The van der Waals surface area contributed by atoms with E-state index >= 15 is 4.39 Å². The lowest BCUT2D eigenvalue weighted by Gasteiger charge is -2.41. The van der Waals surface area contributed by atoms with Crippen molar-refractivity contribution in [3.63, 3.8) is 0 Å². The Bertz CT molecular complexity index is 2210. The average molecular weight is 799 g/mol. The van der Waals surface area contributed by atoms with E-state index in [0.717, 1.165) is 70.1 Å². The van der Waals surface area contributed by atoms with Gasteiger partial charge in [-0.05, 0) is 131 Å². The van der Waals surface area contributed by atoms with Gasteiger partial charge in [-0.25, -0.2) is 18.1 Å². The highest BCUT2D eigenvalue weighted by Gasteiger charge is 2.31. The number of hydrogen-bond acceptors (Lipinski definition) is 11. The van der Waals surface area contributed by atoms with Gasteiger partial charge in [0.1, 0.15) is 29.2 Å². The normalized spacial score (nSPS) is 20.7. The molecule has 4 aromatic rings. The quantitative estimate of drug-likeness (QED) is 0.0925. The summed E-state index contributed by atoms with van der Waals surface area (Å²) in [4.78, 5) is 44.3. The topological polar surface area (TPSA) is 145 Å². The summed E-state index contributed by atoms with van der Waals surface area (Å²) in [7, 11) is 1.89. The van der Waals surface area contributed by atoms with Crippen LogP contribution in [0.15, 0.2) is 59.7 Å². The molecule has 3 heterocycles. The van der Waals surface area contributed by atoms with Crippen molar-refractivity contribution in [1.82, 2.24) is 24.1 Å². The van der Waals surface area contributed by atoms with E-state index in [4.69, 9.17) is 4.74 Å². The maximum Gasteiger partial charge on any atom is 0.261 e. The monoisotopic (exact) mass is 798 g/mol. The van der Waals surface area contributed by atoms with E-state index < -0.39 is 11.9 Å². The molecule has 300 valence electrons. The number of likely N-dealkylation sites (tertiary alicyclic amines) is 1. The highest BCUT2D eigenvalue weighted by molar-refractivity contribution is 7.98. The van der Waals surface area contributed by atoms with E-state index in [0.29, 0.717) is 47.2 Å². The minimum Gasteiger partial charge on any atom is -0.453 e. The van der Waals surface area contributed by atoms with Crippen LogP contribution in [0.3, 0.4) is 0 Å². The van der Waals surface area contributed by atoms with E-state index in [9.17, 15) is 24.0 Å². The summed E-state index contributed by atoms with van der Waals surface area (Å²) < 4.78 is 42.8. The highest BCUT2D eigenvalue weighted by Crippen LogP contribution is 2.38. The zero-order valence-corrected chi connectivity index (χ0v) is 33.0. The number of amides is 2. The molecule has 1 saturated carbocycles. The Hall–Kier alpha value is -5.04. The van der Waals surface area contributed by atoms with Gasteiger partial charge in [-0.1, -0.05) is 13.0 Å². The smallest absolute Gasteiger partial charge is 0.261 e. The van der Waals surface area contributed by atoms with Gasteiger partial charge in [0.15, 0.2) is 11.6 Å². The summed E-state index contributed by atoms with van der Waals surface area (Å²) in [6.45, 7) is 5.26. The summed E-state index contributed by atoms with van der Waals surface area (Å²) in [5, 5.41) is 15.6. The third-order valence-electron chi connectivity index (χ3n) is 11.7. The standard InChI is InChI=1S/C42H48F2N8O4S/c1-3-50(2)57-49-37-13-11-34(43)40(33(37)24-45)56-30-9-12-36-32(23-30)42(55)52(25-46-36)21-18-26-16-19-51(20-17-26)29-7-4-27(5-8-29)31-10-6-28(22-35(31)44)47-38-14-15-39(53)48-41(38)54/h6,9-13,22-23,25-27,29,38,47,49H,3-5,7-8,14-21H2,1-2H3,(H,48,53,54). The lowest BCUT2D eigenvalue weighted by atomic mass is 9.80. The molecular weight excluding hydrogens is 751 g/mol. The highest BCUT2D eigenvalue weighted by atomic mass is 32.2. The molecule has 2 amide bonds. The second-order valence-corrected chi connectivity index (χ2v) is 16.2. The number of rotatable bonds is 13. The lowest BCUT2D eigenvalue weighted by molar-refractivity contribution is -0.133. The molecule has 0 bridgehead atoms. The largest absolute Gasteiger partial charge is 0.453 e. The Kier molecular flexibility index (Phi) is 12.7. The molecule has 1 aromatic heterocycles. The van der Waals surface area contributed by atoms with Gasteiger partial charge in [0.2, 0.25) is 11.8 Å². The Morgan fingerprint density at radius 3 is 2.51 bits per heavy atom. The number of anilines is 2. The molecule has 57 heavy (non-hydrogen) atoms. The number of carbonyl (C=O) groups excluding carboxylic acids is 2. The van der Waals surface area contributed by atoms with Gasteiger partial charge in [-0.2, -0.15) is 5.26 Å². The number of carbonyl (C=O) groups is 2. The average Bonchev–Trinajstić information content (AvgIpc) is 3.22. The fraction of sp³-hybridized carbons (Fsp3) is 0.452. The van der Waals surface area contributed by atoms with E-state index in [1.807, 2.05) is 36.5 Å². The Morgan fingerprint density at radius 1 is 1.00 bits per heavy atom. The maximum absolute atomic E-state index is 15.3. The molecule has 0 radical (unpaired) electrons. The summed E-state index contributed by atoms with van der Waals surface area (Å²) in [5.74, 6) is -0.969. The fourth-order valence-electron chi connectivity index (χ4n) is 8.18. The summed E-state index contributed by atoms with van der Waals surface area (Å²) in [6, 6.07) is 14.7. The van der Waals surface area contributed by atoms with Gasteiger partial charge in [0.05, 0.1) is 22.9 Å². The van der Waals surface area contributed by atoms with Crippen molar-refractivity contribution < 1.29 is 23.1 Å². The number of halogens is 2. The molecule has 2 aliphatic heterocycles. The number of nitriles is 1. The van der Waals surface area contributed by atoms with Crippen molar-refractivity contribution in [2.24, 2.45) is 5.92 Å². The van der Waals surface area contributed by atoms with Gasteiger partial charge >= 0.3 is 0 Å². The first-order valence-corrected chi connectivity index (χ1v) is 20.5. The number of nitrogens with one attached hydrogen (secondary N) is 3. The first-order valence-electron chi connectivity index (χ1n) is 19.8.